The van der Waals surface area contributed by atoms with Gasteiger partial charge in [-0.2, -0.15) is 0 Å². The molecule has 7 heteroatoms. The van der Waals surface area contributed by atoms with Crippen molar-refractivity contribution < 1.29 is 19.2 Å². The third-order valence-electron chi connectivity index (χ3n) is 3.90. The molecule has 0 unspecified atom stereocenters. The summed E-state index contributed by atoms with van der Waals surface area (Å²) >= 11 is 0. The van der Waals surface area contributed by atoms with Crippen molar-refractivity contribution in [1.82, 2.24) is 0 Å². The molecule has 1 aliphatic carbocycles. The highest BCUT2D eigenvalue weighted by Crippen LogP contribution is 2.40. The molecular weight excluding hydrogens is 267 g/mol. The van der Waals surface area contributed by atoms with E-state index in [9.17, 15) is 19.3 Å². The monoisotopic (exact) mass is 282 g/mol. The lowest BCUT2D eigenvalue weighted by atomic mass is 9.74. The number of carboxylic acid groups (broad SMARTS) is 1. The minimum Gasteiger partial charge on any atom is -0.478 e. The molecule has 0 radical (unpaired) electrons. The van der Waals surface area contributed by atoms with Crippen molar-refractivity contribution in [3.05, 3.63) is 33.6 Å². The van der Waals surface area contributed by atoms with Gasteiger partial charge in [0.2, 0.25) is 0 Å². The van der Waals surface area contributed by atoms with E-state index >= 15 is 0 Å². The highest BCUT2D eigenvalue weighted by Gasteiger charge is 2.37. The number of carbonyl (C=O) groups is 1. The topological polar surface area (TPSA) is 92.5 Å². The van der Waals surface area contributed by atoms with Gasteiger partial charge in [0.05, 0.1) is 4.92 Å². The average Bonchev–Trinajstić information content (AvgIpc) is 2.33. The van der Waals surface area contributed by atoms with E-state index in [2.05, 4.69) is 5.32 Å². The fraction of sp³-hybridized carbons (Fsp3) is 0.462. The number of nitrogens with zero attached hydrogens (tertiary/aromatic N) is 1. The van der Waals surface area contributed by atoms with Crippen LogP contribution in [0.5, 0.6) is 0 Å². The first-order chi connectivity index (χ1) is 9.38. The summed E-state index contributed by atoms with van der Waals surface area (Å²) in [6.07, 6.45) is 3.52. The van der Waals surface area contributed by atoms with Crippen molar-refractivity contribution in [3.8, 4) is 0 Å². The number of benzene rings is 1. The maximum absolute atomic E-state index is 13.7. The zero-order valence-corrected chi connectivity index (χ0v) is 11.0. The highest BCUT2D eigenvalue weighted by molar-refractivity contribution is 5.90. The summed E-state index contributed by atoms with van der Waals surface area (Å²) in [5.41, 5.74) is -1.31. The molecule has 1 aromatic rings. The quantitative estimate of drug-likeness (QED) is 0.639. The maximum atomic E-state index is 13.7. The van der Waals surface area contributed by atoms with E-state index in [0.29, 0.717) is 0 Å². The normalized spacial score (nSPS) is 16.3. The first kappa shape index (κ1) is 14.2. The molecule has 20 heavy (non-hydrogen) atoms. The fourth-order valence-electron chi connectivity index (χ4n) is 2.43. The van der Waals surface area contributed by atoms with Gasteiger partial charge in [-0.1, -0.05) is 6.92 Å². The van der Waals surface area contributed by atoms with Crippen LogP contribution in [0.15, 0.2) is 12.1 Å². The molecule has 0 bridgehead atoms. The molecule has 2 N–H and O–H groups in total. The Balaban J connectivity index is 2.44. The smallest absolute Gasteiger partial charge is 0.338 e. The fourth-order valence-corrected chi connectivity index (χ4v) is 2.43. The zero-order chi connectivity index (χ0) is 14.9. The summed E-state index contributed by atoms with van der Waals surface area (Å²) in [4.78, 5) is 21.2. The Morgan fingerprint density at radius 1 is 1.55 bits per heavy atom. The molecule has 1 saturated carbocycles. The molecule has 1 fully saturated rings. The molecule has 0 amide bonds. The first-order valence-corrected chi connectivity index (χ1v) is 6.38. The molecule has 6 nitrogen and oxygen atoms in total. The number of nitro benzene ring substituents is 1. The molecule has 1 aliphatic rings. The minimum absolute atomic E-state index is 0.0408. The number of rotatable bonds is 5. The van der Waals surface area contributed by atoms with Crippen LogP contribution in [0.3, 0.4) is 0 Å². The van der Waals surface area contributed by atoms with Gasteiger partial charge in [-0.3, -0.25) is 10.1 Å². The highest BCUT2D eigenvalue weighted by atomic mass is 19.1. The second-order valence-electron chi connectivity index (χ2n) is 5.02. The number of hydrogen-bond donors (Lipinski definition) is 2. The summed E-state index contributed by atoms with van der Waals surface area (Å²) < 4.78 is 13.7. The molecule has 1 aromatic carbocycles. The van der Waals surface area contributed by atoms with Crippen molar-refractivity contribution in [2.75, 3.05) is 5.32 Å². The van der Waals surface area contributed by atoms with Gasteiger partial charge in [0, 0.05) is 17.7 Å². The third-order valence-corrected chi connectivity index (χ3v) is 3.90. The third kappa shape index (κ3) is 2.43. The molecule has 108 valence electrons. The van der Waals surface area contributed by atoms with Gasteiger partial charge in [-0.05, 0) is 25.7 Å². The maximum Gasteiger partial charge on any atom is 0.338 e. The lowest BCUT2D eigenvalue weighted by Gasteiger charge is -2.42. The number of aromatic carboxylic acids is 1. The molecule has 0 heterocycles. The van der Waals surface area contributed by atoms with Gasteiger partial charge in [0.25, 0.3) is 5.69 Å². The number of nitro groups is 1. The summed E-state index contributed by atoms with van der Waals surface area (Å²) in [7, 11) is 0. The van der Waals surface area contributed by atoms with Crippen molar-refractivity contribution in [3.63, 3.8) is 0 Å². The van der Waals surface area contributed by atoms with E-state index in [-0.39, 0.29) is 11.2 Å². The predicted octanol–water partition coefficient (Wildman–Crippen LogP) is 3.18. The van der Waals surface area contributed by atoms with Crippen LogP contribution in [-0.2, 0) is 0 Å². The van der Waals surface area contributed by atoms with E-state index in [1.807, 2.05) is 6.92 Å². The van der Waals surface area contributed by atoms with E-state index in [1.165, 1.54) is 0 Å². The molecule has 2 rings (SSSR count). The van der Waals surface area contributed by atoms with Gasteiger partial charge in [0.1, 0.15) is 17.1 Å². The Hall–Kier alpha value is -2.18. The van der Waals surface area contributed by atoms with Crippen LogP contribution >= 0.6 is 0 Å². The van der Waals surface area contributed by atoms with Crippen molar-refractivity contribution in [2.45, 2.75) is 38.1 Å². The van der Waals surface area contributed by atoms with Crippen LogP contribution in [0.2, 0.25) is 0 Å². The average molecular weight is 282 g/mol. The second-order valence-corrected chi connectivity index (χ2v) is 5.02. The molecule has 0 atom stereocenters. The molecule has 0 saturated heterocycles. The Bertz CT molecular complexity index is 564. The molecule has 0 aliphatic heterocycles. The summed E-state index contributed by atoms with van der Waals surface area (Å²) in [5, 5.41) is 22.9. The van der Waals surface area contributed by atoms with Gasteiger partial charge < -0.3 is 10.4 Å². The Kier molecular flexibility index (Phi) is 3.61. The van der Waals surface area contributed by atoms with Crippen LogP contribution in [0, 0.1) is 15.9 Å². The largest absolute Gasteiger partial charge is 0.478 e. The zero-order valence-electron chi connectivity index (χ0n) is 11.0. The summed E-state index contributed by atoms with van der Waals surface area (Å²) in [5.74, 6) is -2.50. The Morgan fingerprint density at radius 2 is 2.20 bits per heavy atom. The van der Waals surface area contributed by atoms with E-state index in [1.54, 1.807) is 0 Å². The molecular formula is C13H15FN2O4. The number of nitrogens with one attached hydrogen (secondary N) is 1. The van der Waals surface area contributed by atoms with Gasteiger partial charge in [-0.25, -0.2) is 9.18 Å². The SMILES string of the molecule is CCC1(Nc2cc(F)c(C(=O)O)cc2[N+](=O)[O-])CCC1. The van der Waals surface area contributed by atoms with Crippen LogP contribution < -0.4 is 5.32 Å². The minimum atomic E-state index is -1.52. The first-order valence-electron chi connectivity index (χ1n) is 6.38. The second kappa shape index (κ2) is 5.07. The van der Waals surface area contributed by atoms with Crippen LogP contribution in [0.25, 0.3) is 0 Å². The summed E-state index contributed by atoms with van der Waals surface area (Å²) in [6.45, 7) is 1.96. The Morgan fingerprint density at radius 3 is 2.60 bits per heavy atom. The van der Waals surface area contributed by atoms with Crippen molar-refractivity contribution in [1.29, 1.82) is 0 Å². The Labute approximate surface area is 114 Å². The van der Waals surface area contributed by atoms with E-state index < -0.39 is 28.0 Å². The van der Waals surface area contributed by atoms with Crippen LogP contribution in [0.1, 0.15) is 43.0 Å². The van der Waals surface area contributed by atoms with Gasteiger partial charge in [-0.15, -0.1) is 0 Å². The van der Waals surface area contributed by atoms with E-state index in [4.69, 9.17) is 5.11 Å². The molecule has 0 spiro atoms. The van der Waals surface area contributed by atoms with Crippen molar-refractivity contribution >= 4 is 17.3 Å². The van der Waals surface area contributed by atoms with Gasteiger partial charge >= 0.3 is 5.97 Å². The van der Waals surface area contributed by atoms with Crippen LogP contribution in [0.4, 0.5) is 15.8 Å². The van der Waals surface area contributed by atoms with Crippen LogP contribution in [-0.4, -0.2) is 21.5 Å². The number of halogens is 1. The standard InChI is InChI=1S/C13H15FN2O4/c1-2-13(4-3-5-13)15-10-7-9(14)8(12(17)18)6-11(10)16(19)20/h6-7,15H,2-5H2,1H3,(H,17,18). The van der Waals surface area contributed by atoms with E-state index in [0.717, 1.165) is 37.8 Å². The number of carboxylic acids is 1. The molecule has 0 aromatic heterocycles. The lowest BCUT2D eigenvalue weighted by molar-refractivity contribution is -0.384. The summed E-state index contributed by atoms with van der Waals surface area (Å²) in [6, 6.07) is 1.67. The lowest BCUT2D eigenvalue weighted by Crippen LogP contribution is -2.44. The number of anilines is 1. The predicted molar refractivity (Wildman–Crippen MR) is 70.5 cm³/mol. The van der Waals surface area contributed by atoms with Crippen molar-refractivity contribution in [2.24, 2.45) is 0 Å². The van der Waals surface area contributed by atoms with Gasteiger partial charge in [0.15, 0.2) is 0 Å². The number of hydrogen-bond acceptors (Lipinski definition) is 4.